The summed E-state index contributed by atoms with van der Waals surface area (Å²) in [5.41, 5.74) is -0.0243. The molecule has 0 aliphatic rings. The quantitative estimate of drug-likeness (QED) is 0.785. The predicted molar refractivity (Wildman–Crippen MR) is 63.1 cm³/mol. The standard InChI is InChI=1S/C13H11F2NO3/c1-2-3-11(13(18)19)16-12(17)6-8-4-5-9(14)7-10(8)15/h1,4-5,7,11H,3,6H2,(H,16,17)(H,18,19)/t11-/m0/s1. The molecular weight excluding hydrogens is 256 g/mol. The molecule has 1 aromatic rings. The normalized spacial score (nSPS) is 11.4. The van der Waals surface area contributed by atoms with Crippen LogP contribution in [0.5, 0.6) is 0 Å². The number of terminal acetylenes is 1. The van der Waals surface area contributed by atoms with Gasteiger partial charge >= 0.3 is 5.97 Å². The first-order chi connectivity index (χ1) is 8.93. The number of carbonyl (C=O) groups excluding carboxylic acids is 1. The fourth-order valence-electron chi connectivity index (χ4n) is 1.40. The maximum Gasteiger partial charge on any atom is 0.327 e. The van der Waals surface area contributed by atoms with Crippen LogP contribution in [0, 0.1) is 24.0 Å². The van der Waals surface area contributed by atoms with Gasteiger partial charge in [-0.1, -0.05) is 6.07 Å². The molecule has 0 aromatic heterocycles. The number of rotatable bonds is 5. The highest BCUT2D eigenvalue weighted by atomic mass is 19.1. The lowest BCUT2D eigenvalue weighted by molar-refractivity contribution is -0.141. The number of carboxylic acids is 1. The van der Waals surface area contributed by atoms with Crippen LogP contribution in [0.25, 0.3) is 0 Å². The molecule has 0 saturated heterocycles. The second-order valence-electron chi connectivity index (χ2n) is 3.78. The summed E-state index contributed by atoms with van der Waals surface area (Å²) >= 11 is 0. The van der Waals surface area contributed by atoms with Gasteiger partial charge in [0.25, 0.3) is 0 Å². The van der Waals surface area contributed by atoms with Gasteiger partial charge in [0.15, 0.2) is 0 Å². The summed E-state index contributed by atoms with van der Waals surface area (Å²) in [6.07, 6.45) is 4.41. The molecule has 0 aliphatic heterocycles. The van der Waals surface area contributed by atoms with Crippen molar-refractivity contribution in [1.29, 1.82) is 0 Å². The highest BCUT2D eigenvalue weighted by Crippen LogP contribution is 2.10. The Labute approximate surface area is 108 Å². The predicted octanol–water partition coefficient (Wildman–Crippen LogP) is 1.10. The van der Waals surface area contributed by atoms with E-state index in [1.54, 1.807) is 0 Å². The second-order valence-corrected chi connectivity index (χ2v) is 3.78. The molecule has 4 nitrogen and oxygen atoms in total. The van der Waals surface area contributed by atoms with Gasteiger partial charge in [-0.05, 0) is 11.6 Å². The molecule has 0 bridgehead atoms. The summed E-state index contributed by atoms with van der Waals surface area (Å²) in [7, 11) is 0. The smallest absolute Gasteiger partial charge is 0.327 e. The number of amides is 1. The van der Waals surface area contributed by atoms with Crippen LogP contribution in [0.4, 0.5) is 8.78 Å². The molecule has 0 radical (unpaired) electrons. The molecule has 1 aromatic carbocycles. The van der Waals surface area contributed by atoms with E-state index in [-0.39, 0.29) is 18.4 Å². The fraction of sp³-hybridized carbons (Fsp3) is 0.231. The van der Waals surface area contributed by atoms with Crippen LogP contribution < -0.4 is 5.32 Å². The van der Waals surface area contributed by atoms with Crippen molar-refractivity contribution in [2.75, 3.05) is 0 Å². The maximum absolute atomic E-state index is 13.3. The number of halogens is 2. The zero-order valence-corrected chi connectivity index (χ0v) is 9.82. The van der Waals surface area contributed by atoms with E-state index in [1.165, 1.54) is 0 Å². The first-order valence-corrected chi connectivity index (χ1v) is 5.33. The van der Waals surface area contributed by atoms with Crippen LogP contribution >= 0.6 is 0 Å². The molecule has 0 saturated carbocycles. The summed E-state index contributed by atoms with van der Waals surface area (Å²) in [6.45, 7) is 0. The Morgan fingerprint density at radius 1 is 1.42 bits per heavy atom. The average Bonchev–Trinajstić information content (AvgIpc) is 2.32. The van der Waals surface area contributed by atoms with E-state index in [2.05, 4.69) is 11.2 Å². The number of carbonyl (C=O) groups is 2. The van der Waals surface area contributed by atoms with Gasteiger partial charge in [0.1, 0.15) is 17.7 Å². The number of benzene rings is 1. The average molecular weight is 267 g/mol. The van der Waals surface area contributed by atoms with Crippen molar-refractivity contribution in [3.8, 4) is 12.3 Å². The minimum atomic E-state index is -1.27. The lowest BCUT2D eigenvalue weighted by Gasteiger charge is -2.12. The van der Waals surface area contributed by atoms with E-state index >= 15 is 0 Å². The molecule has 6 heteroatoms. The first kappa shape index (κ1) is 14.6. The zero-order chi connectivity index (χ0) is 14.4. The molecular formula is C13H11F2NO3. The fourth-order valence-corrected chi connectivity index (χ4v) is 1.40. The van der Waals surface area contributed by atoms with Gasteiger partial charge in [0, 0.05) is 12.5 Å². The van der Waals surface area contributed by atoms with Gasteiger partial charge in [-0.25, -0.2) is 13.6 Å². The van der Waals surface area contributed by atoms with Crippen molar-refractivity contribution >= 4 is 11.9 Å². The lowest BCUT2D eigenvalue weighted by atomic mass is 10.1. The van der Waals surface area contributed by atoms with Crippen LogP contribution in [0.15, 0.2) is 18.2 Å². The molecule has 2 N–H and O–H groups in total. The Hall–Kier alpha value is -2.42. The number of hydrogen-bond acceptors (Lipinski definition) is 2. The minimum absolute atomic E-state index is 0.0243. The van der Waals surface area contributed by atoms with E-state index in [4.69, 9.17) is 11.5 Å². The van der Waals surface area contributed by atoms with Gasteiger partial charge in [0.2, 0.25) is 5.91 Å². The lowest BCUT2D eigenvalue weighted by Crippen LogP contribution is -2.41. The van der Waals surface area contributed by atoms with Crippen molar-refractivity contribution in [1.82, 2.24) is 5.32 Å². The number of aliphatic carboxylic acids is 1. The third-order valence-corrected chi connectivity index (χ3v) is 2.32. The van der Waals surface area contributed by atoms with Crippen molar-refractivity contribution in [3.63, 3.8) is 0 Å². The Bertz CT molecular complexity index is 537. The van der Waals surface area contributed by atoms with E-state index < -0.39 is 29.6 Å². The molecule has 1 atom stereocenters. The zero-order valence-electron chi connectivity index (χ0n) is 9.82. The van der Waals surface area contributed by atoms with Crippen molar-refractivity contribution in [3.05, 3.63) is 35.4 Å². The summed E-state index contributed by atoms with van der Waals surface area (Å²) in [5.74, 6) is -1.47. The third kappa shape index (κ3) is 4.39. The van der Waals surface area contributed by atoms with E-state index in [9.17, 15) is 18.4 Å². The number of hydrogen-bond donors (Lipinski definition) is 2. The molecule has 19 heavy (non-hydrogen) atoms. The van der Waals surface area contributed by atoms with Crippen LogP contribution in [0.1, 0.15) is 12.0 Å². The Balaban J connectivity index is 2.69. The highest BCUT2D eigenvalue weighted by molar-refractivity contribution is 5.85. The summed E-state index contributed by atoms with van der Waals surface area (Å²) in [5, 5.41) is 10.9. The topological polar surface area (TPSA) is 66.4 Å². The van der Waals surface area contributed by atoms with E-state index in [0.29, 0.717) is 6.07 Å². The maximum atomic E-state index is 13.3. The number of nitrogens with one attached hydrogen (secondary N) is 1. The van der Waals surface area contributed by atoms with Crippen LogP contribution in [0.2, 0.25) is 0 Å². The van der Waals surface area contributed by atoms with Crippen LogP contribution in [-0.2, 0) is 16.0 Å². The molecule has 0 heterocycles. The monoisotopic (exact) mass is 267 g/mol. The van der Waals surface area contributed by atoms with E-state index in [1.807, 2.05) is 0 Å². The summed E-state index contributed by atoms with van der Waals surface area (Å²) < 4.78 is 25.9. The van der Waals surface area contributed by atoms with Gasteiger partial charge in [-0.2, -0.15) is 0 Å². The van der Waals surface area contributed by atoms with Crippen molar-refractivity contribution in [2.45, 2.75) is 18.9 Å². The Morgan fingerprint density at radius 2 is 2.11 bits per heavy atom. The van der Waals surface area contributed by atoms with Gasteiger partial charge in [0.05, 0.1) is 6.42 Å². The molecule has 1 amide bonds. The molecule has 0 spiro atoms. The molecule has 0 fully saturated rings. The first-order valence-electron chi connectivity index (χ1n) is 5.33. The number of carboxylic acid groups (broad SMARTS) is 1. The highest BCUT2D eigenvalue weighted by Gasteiger charge is 2.19. The summed E-state index contributed by atoms with van der Waals surface area (Å²) in [6, 6.07) is 1.57. The summed E-state index contributed by atoms with van der Waals surface area (Å²) in [4.78, 5) is 22.3. The SMILES string of the molecule is C#CC[C@H](NC(=O)Cc1ccc(F)cc1F)C(=O)O. The van der Waals surface area contributed by atoms with Gasteiger partial charge in [-0.15, -0.1) is 12.3 Å². The van der Waals surface area contributed by atoms with Crippen molar-refractivity contribution in [2.24, 2.45) is 0 Å². The van der Waals surface area contributed by atoms with Crippen molar-refractivity contribution < 1.29 is 23.5 Å². The Kier molecular flexibility index (Phi) is 5.01. The molecule has 0 aliphatic carbocycles. The second kappa shape index (κ2) is 6.50. The largest absolute Gasteiger partial charge is 0.480 e. The van der Waals surface area contributed by atoms with Gasteiger partial charge < -0.3 is 10.4 Å². The molecule has 1 rings (SSSR count). The third-order valence-electron chi connectivity index (χ3n) is 2.32. The minimum Gasteiger partial charge on any atom is -0.480 e. The van der Waals surface area contributed by atoms with Gasteiger partial charge in [-0.3, -0.25) is 4.79 Å². The van der Waals surface area contributed by atoms with E-state index in [0.717, 1.165) is 12.1 Å². The van der Waals surface area contributed by atoms with Crippen LogP contribution in [0.3, 0.4) is 0 Å². The molecule has 0 unspecified atom stereocenters. The molecule has 100 valence electrons. The van der Waals surface area contributed by atoms with Crippen LogP contribution in [-0.4, -0.2) is 23.0 Å². The Morgan fingerprint density at radius 3 is 2.63 bits per heavy atom.